The highest BCUT2D eigenvalue weighted by molar-refractivity contribution is 4.57. The molecule has 0 aromatic rings. The largest absolute Gasteiger partial charge is 0.395 e. The van der Waals surface area contributed by atoms with Crippen LogP contribution < -0.4 is 11.1 Å². The molecule has 0 heterocycles. The van der Waals surface area contributed by atoms with Gasteiger partial charge in [-0.1, -0.05) is 40.0 Å². The highest BCUT2D eigenvalue weighted by Crippen LogP contribution is 2.01. The minimum atomic E-state index is 0.0972. The van der Waals surface area contributed by atoms with Crippen LogP contribution in [0, 0.1) is 0 Å². The number of hydrogen-bond donors (Lipinski definition) is 5. The molecule has 6 N–H and O–H groups in total. The van der Waals surface area contributed by atoms with Gasteiger partial charge in [0.15, 0.2) is 0 Å². The molecule has 24 heavy (non-hydrogen) atoms. The summed E-state index contributed by atoms with van der Waals surface area (Å²) in [6, 6.07) is 0. The van der Waals surface area contributed by atoms with Crippen molar-refractivity contribution in [1.29, 1.82) is 0 Å². The van der Waals surface area contributed by atoms with E-state index >= 15 is 0 Å². The van der Waals surface area contributed by atoms with Crippen LogP contribution in [-0.4, -0.2) is 79.3 Å². The molecular weight excluding hydrogens is 306 g/mol. The fourth-order valence-electron chi connectivity index (χ4n) is 1.76. The van der Waals surface area contributed by atoms with Crippen LogP contribution in [0.2, 0.25) is 0 Å². The van der Waals surface area contributed by atoms with Crippen molar-refractivity contribution in [2.45, 2.75) is 59.3 Å². The third kappa shape index (κ3) is 33.4. The maximum Gasteiger partial charge on any atom is 0.0555 e. The maximum atomic E-state index is 8.15. The van der Waals surface area contributed by atoms with Gasteiger partial charge < -0.3 is 31.3 Å². The average Bonchev–Trinajstić information content (AvgIpc) is 2.62. The Morgan fingerprint density at radius 2 is 1.04 bits per heavy atom. The molecule has 0 aromatic carbocycles. The smallest absolute Gasteiger partial charge is 0.0555 e. The van der Waals surface area contributed by atoms with E-state index in [1.807, 2.05) is 0 Å². The molecule has 150 valence electrons. The zero-order chi connectivity index (χ0) is 18.9. The highest BCUT2D eigenvalue weighted by Gasteiger charge is 2.01. The Hall–Kier alpha value is -0.240. The first kappa shape index (κ1) is 28.6. The number of hydrogen-bond acceptors (Lipinski definition) is 6. The molecule has 6 nitrogen and oxygen atoms in total. The van der Waals surface area contributed by atoms with Gasteiger partial charge >= 0.3 is 0 Å². The predicted molar refractivity (Wildman–Crippen MR) is 104 cm³/mol. The molecule has 6 heteroatoms. The Morgan fingerprint density at radius 3 is 1.25 bits per heavy atom. The van der Waals surface area contributed by atoms with E-state index in [1.54, 1.807) is 0 Å². The maximum absolute atomic E-state index is 8.15. The summed E-state index contributed by atoms with van der Waals surface area (Å²) in [7, 11) is 0. The summed E-state index contributed by atoms with van der Waals surface area (Å²) in [6.45, 7) is 12.7. The summed E-state index contributed by atoms with van der Waals surface area (Å²) in [5, 5.41) is 26.8. The summed E-state index contributed by atoms with van der Waals surface area (Å²) < 4.78 is 0. The van der Waals surface area contributed by atoms with Gasteiger partial charge in [0.25, 0.3) is 0 Å². The number of rotatable bonds is 14. The number of aliphatic hydroxyl groups excluding tert-OH is 3. The molecule has 0 saturated carbocycles. The third-order valence-corrected chi connectivity index (χ3v) is 3.19. The summed E-state index contributed by atoms with van der Waals surface area (Å²) in [4.78, 5) is 2.64. The number of nitrogens with one attached hydrogen (secondary N) is 1. The molecule has 0 unspecified atom stereocenters. The lowest BCUT2D eigenvalue weighted by Crippen LogP contribution is -2.27. The summed E-state index contributed by atoms with van der Waals surface area (Å²) >= 11 is 0. The SMILES string of the molecule is CCCCN(CCCC)CCCC.NCCO.OCCNCCO. The van der Waals surface area contributed by atoms with Gasteiger partial charge in [-0.25, -0.2) is 0 Å². The van der Waals surface area contributed by atoms with Crippen molar-refractivity contribution in [2.24, 2.45) is 5.73 Å². The van der Waals surface area contributed by atoms with Gasteiger partial charge in [-0.05, 0) is 38.9 Å². The van der Waals surface area contributed by atoms with Crippen LogP contribution in [0.1, 0.15) is 59.3 Å². The fraction of sp³-hybridized carbons (Fsp3) is 1.00. The lowest BCUT2D eigenvalue weighted by atomic mass is 10.2. The van der Waals surface area contributed by atoms with E-state index in [0.29, 0.717) is 19.6 Å². The molecule has 0 spiro atoms. The second-order valence-corrected chi connectivity index (χ2v) is 5.61. The molecule has 0 rings (SSSR count). The van der Waals surface area contributed by atoms with Crippen LogP contribution in [0.3, 0.4) is 0 Å². The second-order valence-electron chi connectivity index (χ2n) is 5.61. The van der Waals surface area contributed by atoms with E-state index in [0.717, 1.165) is 0 Å². The number of nitrogens with two attached hydrogens (primary N) is 1. The first-order valence-electron chi connectivity index (χ1n) is 9.63. The first-order chi connectivity index (χ1) is 11.7. The Bertz CT molecular complexity index is 162. The van der Waals surface area contributed by atoms with Gasteiger partial charge in [0.05, 0.1) is 19.8 Å². The number of nitrogens with zero attached hydrogens (tertiary/aromatic N) is 1. The van der Waals surface area contributed by atoms with Gasteiger partial charge in [0.1, 0.15) is 0 Å². The third-order valence-electron chi connectivity index (χ3n) is 3.19. The molecule has 0 radical (unpaired) electrons. The zero-order valence-corrected chi connectivity index (χ0v) is 16.5. The van der Waals surface area contributed by atoms with Crippen molar-refractivity contribution in [1.82, 2.24) is 10.2 Å². The molecule has 0 saturated heterocycles. The van der Waals surface area contributed by atoms with Crippen molar-refractivity contribution in [3.63, 3.8) is 0 Å². The van der Waals surface area contributed by atoms with Gasteiger partial charge in [-0.15, -0.1) is 0 Å². The van der Waals surface area contributed by atoms with Crippen molar-refractivity contribution in [3.05, 3.63) is 0 Å². The van der Waals surface area contributed by atoms with Crippen molar-refractivity contribution in [3.8, 4) is 0 Å². The molecular formula is C18H45N3O3. The number of aliphatic hydroxyl groups is 3. The van der Waals surface area contributed by atoms with Gasteiger partial charge in [-0.2, -0.15) is 0 Å². The summed E-state index contributed by atoms with van der Waals surface area (Å²) in [6.07, 6.45) is 8.09. The van der Waals surface area contributed by atoms with Crippen LogP contribution in [-0.2, 0) is 0 Å². The first-order valence-corrected chi connectivity index (χ1v) is 9.63. The van der Waals surface area contributed by atoms with E-state index in [-0.39, 0.29) is 19.8 Å². The molecule has 0 bridgehead atoms. The number of unbranched alkanes of at least 4 members (excludes halogenated alkanes) is 3. The Morgan fingerprint density at radius 1 is 0.708 bits per heavy atom. The van der Waals surface area contributed by atoms with Crippen molar-refractivity contribution < 1.29 is 15.3 Å². The Labute approximate surface area is 150 Å². The molecule has 0 fully saturated rings. The van der Waals surface area contributed by atoms with Crippen LogP contribution in [0.5, 0.6) is 0 Å². The molecule has 0 aliphatic heterocycles. The van der Waals surface area contributed by atoms with E-state index < -0.39 is 0 Å². The molecule has 0 aliphatic rings. The Balaban J connectivity index is -0.000000335. The standard InChI is InChI=1S/C12H27N.C4H11NO2.C2H7NO/c1-4-7-10-13(11-8-5-2)12-9-6-3;6-3-1-5-2-4-7;3-1-2-4/h4-12H2,1-3H3;5-7H,1-4H2;4H,1-3H2. The fourth-order valence-corrected chi connectivity index (χ4v) is 1.76. The monoisotopic (exact) mass is 351 g/mol. The molecule has 0 atom stereocenters. The Kier molecular flexibility index (Phi) is 36.4. The van der Waals surface area contributed by atoms with Crippen LogP contribution in [0.4, 0.5) is 0 Å². The lowest BCUT2D eigenvalue weighted by molar-refractivity contribution is 0.261. The molecule has 0 aliphatic carbocycles. The van der Waals surface area contributed by atoms with Crippen molar-refractivity contribution >= 4 is 0 Å². The average molecular weight is 352 g/mol. The molecule has 0 amide bonds. The van der Waals surface area contributed by atoms with Gasteiger partial charge in [0.2, 0.25) is 0 Å². The van der Waals surface area contributed by atoms with Crippen LogP contribution in [0.25, 0.3) is 0 Å². The topological polar surface area (TPSA) is 102 Å². The van der Waals surface area contributed by atoms with Gasteiger partial charge in [-0.3, -0.25) is 0 Å². The summed E-state index contributed by atoms with van der Waals surface area (Å²) in [5.41, 5.74) is 4.78. The van der Waals surface area contributed by atoms with Crippen molar-refractivity contribution in [2.75, 3.05) is 59.1 Å². The van der Waals surface area contributed by atoms with Gasteiger partial charge in [0, 0.05) is 19.6 Å². The predicted octanol–water partition coefficient (Wildman–Crippen LogP) is 1.19. The van der Waals surface area contributed by atoms with Crippen LogP contribution >= 0.6 is 0 Å². The highest BCUT2D eigenvalue weighted by atomic mass is 16.3. The second kappa shape index (κ2) is 30.6. The zero-order valence-electron chi connectivity index (χ0n) is 16.5. The van der Waals surface area contributed by atoms with E-state index in [9.17, 15) is 0 Å². The van der Waals surface area contributed by atoms with E-state index in [4.69, 9.17) is 21.1 Å². The molecule has 0 aromatic heterocycles. The van der Waals surface area contributed by atoms with E-state index in [1.165, 1.54) is 58.2 Å². The minimum absolute atomic E-state index is 0.0972. The summed E-state index contributed by atoms with van der Waals surface area (Å²) in [5.74, 6) is 0. The van der Waals surface area contributed by atoms with E-state index in [2.05, 4.69) is 31.0 Å². The lowest BCUT2D eigenvalue weighted by Gasteiger charge is -2.21. The quantitative estimate of drug-likeness (QED) is 0.301. The minimum Gasteiger partial charge on any atom is -0.395 e. The van der Waals surface area contributed by atoms with Crippen LogP contribution in [0.15, 0.2) is 0 Å². The normalized spacial score (nSPS) is 10.0.